The van der Waals surface area contributed by atoms with Gasteiger partial charge in [-0.2, -0.15) is 4.31 Å². The van der Waals surface area contributed by atoms with E-state index < -0.39 is 15.9 Å². The fraction of sp³-hybridized carbons (Fsp3) is 0.381. The molecule has 0 spiro atoms. The van der Waals surface area contributed by atoms with Crippen LogP contribution in [-0.2, 0) is 10.0 Å². The number of nitrogens with one attached hydrogen (secondary N) is 1. The van der Waals surface area contributed by atoms with E-state index in [1.807, 2.05) is 19.0 Å². The number of hydrogen-bond acceptors (Lipinski definition) is 4. The molecule has 0 aliphatic carbocycles. The van der Waals surface area contributed by atoms with Crippen LogP contribution in [0.15, 0.2) is 47.4 Å². The average Bonchev–Trinajstić information content (AvgIpc) is 2.68. The monoisotopic (exact) mass is 455 g/mol. The normalized spacial score (nSPS) is 12.9. The minimum atomic E-state index is -3.72. The second kappa shape index (κ2) is 10.3. The molecule has 0 saturated heterocycles. The summed E-state index contributed by atoms with van der Waals surface area (Å²) in [5.74, 6) is -0.858. The Morgan fingerprint density at radius 3 is 2.37 bits per heavy atom. The highest BCUT2D eigenvalue weighted by molar-refractivity contribution is 7.89. The van der Waals surface area contributed by atoms with E-state index in [1.54, 1.807) is 26.0 Å². The molecule has 1 unspecified atom stereocenters. The van der Waals surface area contributed by atoms with Crippen LogP contribution in [-0.4, -0.2) is 57.3 Å². The third kappa shape index (κ3) is 5.57. The van der Waals surface area contributed by atoms with Gasteiger partial charge in [0, 0.05) is 19.6 Å². The Morgan fingerprint density at radius 2 is 1.80 bits per heavy atom. The van der Waals surface area contributed by atoms with E-state index in [0.29, 0.717) is 18.7 Å². The fourth-order valence-corrected chi connectivity index (χ4v) is 4.84. The zero-order valence-corrected chi connectivity index (χ0v) is 19.1. The van der Waals surface area contributed by atoms with E-state index in [4.69, 9.17) is 11.6 Å². The van der Waals surface area contributed by atoms with Crippen molar-refractivity contribution in [2.75, 3.05) is 33.7 Å². The van der Waals surface area contributed by atoms with E-state index in [2.05, 4.69) is 5.32 Å². The van der Waals surface area contributed by atoms with Gasteiger partial charge in [0.05, 0.1) is 21.5 Å². The molecule has 0 aliphatic heterocycles. The maximum Gasteiger partial charge on any atom is 0.252 e. The van der Waals surface area contributed by atoms with Gasteiger partial charge in [-0.15, -0.1) is 0 Å². The summed E-state index contributed by atoms with van der Waals surface area (Å²) in [6.45, 7) is 4.33. The second-order valence-electron chi connectivity index (χ2n) is 6.98. The standard InChI is InChI=1S/C21H27ClFN3O3S/c1-5-26(6-2)30(28,29)17-10-11-19(22)18(13-17)21(27)24-14-20(25(3)4)15-8-7-9-16(23)12-15/h7-13,20H,5-6,14H2,1-4H3,(H,24,27). The van der Waals surface area contributed by atoms with Crippen LogP contribution in [0, 0.1) is 5.82 Å². The van der Waals surface area contributed by atoms with Crippen LogP contribution in [0.1, 0.15) is 35.8 Å². The molecular formula is C21H27ClFN3O3S. The lowest BCUT2D eigenvalue weighted by Gasteiger charge is -2.25. The Labute approximate surface area is 182 Å². The van der Waals surface area contributed by atoms with Crippen molar-refractivity contribution >= 4 is 27.5 Å². The summed E-state index contributed by atoms with van der Waals surface area (Å²) in [6.07, 6.45) is 0. The molecule has 6 nitrogen and oxygen atoms in total. The molecule has 0 heterocycles. The van der Waals surface area contributed by atoms with E-state index >= 15 is 0 Å². The fourth-order valence-electron chi connectivity index (χ4n) is 3.15. The van der Waals surface area contributed by atoms with Crippen molar-refractivity contribution in [2.24, 2.45) is 0 Å². The number of hydrogen-bond donors (Lipinski definition) is 1. The zero-order chi connectivity index (χ0) is 22.5. The lowest BCUT2D eigenvalue weighted by molar-refractivity contribution is 0.0942. The lowest BCUT2D eigenvalue weighted by atomic mass is 10.1. The first-order valence-corrected chi connectivity index (χ1v) is 11.4. The molecule has 1 amide bonds. The summed E-state index contributed by atoms with van der Waals surface area (Å²) < 4.78 is 40.4. The molecule has 0 fully saturated rings. The lowest BCUT2D eigenvalue weighted by Crippen LogP contribution is -2.35. The average molecular weight is 456 g/mol. The topological polar surface area (TPSA) is 69.7 Å². The Morgan fingerprint density at radius 1 is 1.13 bits per heavy atom. The van der Waals surface area contributed by atoms with Crippen LogP contribution in [0.2, 0.25) is 5.02 Å². The van der Waals surface area contributed by atoms with Crippen molar-refractivity contribution in [3.8, 4) is 0 Å². The van der Waals surface area contributed by atoms with Crippen LogP contribution in [0.5, 0.6) is 0 Å². The summed E-state index contributed by atoms with van der Waals surface area (Å²) >= 11 is 6.17. The minimum Gasteiger partial charge on any atom is -0.350 e. The molecule has 0 bridgehead atoms. The van der Waals surface area contributed by atoms with Gasteiger partial charge in [-0.1, -0.05) is 37.6 Å². The van der Waals surface area contributed by atoms with Crippen molar-refractivity contribution < 1.29 is 17.6 Å². The SMILES string of the molecule is CCN(CC)S(=O)(=O)c1ccc(Cl)c(C(=O)NCC(c2cccc(F)c2)N(C)C)c1. The highest BCUT2D eigenvalue weighted by Crippen LogP contribution is 2.24. The molecule has 1 atom stereocenters. The number of rotatable bonds is 9. The van der Waals surface area contributed by atoms with Crippen LogP contribution >= 0.6 is 11.6 Å². The van der Waals surface area contributed by atoms with Gasteiger partial charge in [0.1, 0.15) is 5.82 Å². The van der Waals surface area contributed by atoms with Crippen molar-refractivity contribution in [1.29, 1.82) is 0 Å². The third-order valence-electron chi connectivity index (χ3n) is 4.84. The van der Waals surface area contributed by atoms with Crippen LogP contribution in [0.25, 0.3) is 0 Å². The number of benzene rings is 2. The summed E-state index contributed by atoms with van der Waals surface area (Å²) in [5, 5.41) is 2.93. The highest BCUT2D eigenvalue weighted by Gasteiger charge is 2.24. The van der Waals surface area contributed by atoms with E-state index in [0.717, 1.165) is 0 Å². The third-order valence-corrected chi connectivity index (χ3v) is 7.21. The molecule has 1 N–H and O–H groups in total. The van der Waals surface area contributed by atoms with Crippen LogP contribution < -0.4 is 5.32 Å². The van der Waals surface area contributed by atoms with Gasteiger partial charge in [-0.25, -0.2) is 12.8 Å². The van der Waals surface area contributed by atoms with Gasteiger partial charge in [-0.3, -0.25) is 4.79 Å². The Bertz CT molecular complexity index is 995. The summed E-state index contributed by atoms with van der Waals surface area (Å²) in [4.78, 5) is 14.7. The van der Waals surface area contributed by atoms with Gasteiger partial charge in [0.25, 0.3) is 5.91 Å². The number of likely N-dealkylation sites (N-methyl/N-ethyl adjacent to an activating group) is 1. The Hall–Kier alpha value is -2.00. The molecule has 2 aromatic rings. The number of nitrogens with zero attached hydrogens (tertiary/aromatic N) is 2. The number of carbonyl (C=O) groups is 1. The first-order valence-electron chi connectivity index (χ1n) is 9.61. The maximum atomic E-state index is 13.6. The second-order valence-corrected chi connectivity index (χ2v) is 9.32. The molecule has 2 aromatic carbocycles. The van der Waals surface area contributed by atoms with E-state index in [1.165, 1.54) is 34.6 Å². The molecular weight excluding hydrogens is 429 g/mol. The number of carbonyl (C=O) groups excluding carboxylic acids is 1. The van der Waals surface area contributed by atoms with Crippen LogP contribution in [0.3, 0.4) is 0 Å². The molecule has 0 aliphatic rings. The molecule has 0 saturated carbocycles. The van der Waals surface area contributed by atoms with Gasteiger partial charge in [0.2, 0.25) is 10.0 Å². The molecule has 0 radical (unpaired) electrons. The van der Waals surface area contributed by atoms with Gasteiger partial charge in [-0.05, 0) is 50.0 Å². The first-order chi connectivity index (χ1) is 14.1. The van der Waals surface area contributed by atoms with Crippen LogP contribution in [0.4, 0.5) is 4.39 Å². The maximum absolute atomic E-state index is 13.6. The van der Waals surface area contributed by atoms with Gasteiger partial charge >= 0.3 is 0 Å². The minimum absolute atomic E-state index is 0.00930. The summed E-state index contributed by atoms with van der Waals surface area (Å²) in [6, 6.07) is 9.98. The van der Waals surface area contributed by atoms with Crippen molar-refractivity contribution in [1.82, 2.24) is 14.5 Å². The van der Waals surface area contributed by atoms with E-state index in [-0.39, 0.29) is 33.9 Å². The molecule has 0 aromatic heterocycles. The molecule has 164 valence electrons. The molecule has 9 heteroatoms. The Balaban J connectivity index is 2.26. The van der Waals surface area contributed by atoms with Crippen molar-refractivity contribution in [2.45, 2.75) is 24.8 Å². The largest absolute Gasteiger partial charge is 0.350 e. The summed E-state index contributed by atoms with van der Waals surface area (Å²) in [7, 11) is -0.0709. The number of halogens is 2. The van der Waals surface area contributed by atoms with Gasteiger partial charge in [0.15, 0.2) is 0 Å². The van der Waals surface area contributed by atoms with Gasteiger partial charge < -0.3 is 10.2 Å². The van der Waals surface area contributed by atoms with Crippen molar-refractivity contribution in [3.63, 3.8) is 0 Å². The van der Waals surface area contributed by atoms with E-state index in [9.17, 15) is 17.6 Å². The molecule has 30 heavy (non-hydrogen) atoms. The quantitative estimate of drug-likeness (QED) is 0.627. The summed E-state index contributed by atoms with van der Waals surface area (Å²) in [5.41, 5.74) is 0.783. The predicted octanol–water partition coefficient (Wildman–Crippen LogP) is 3.54. The highest BCUT2D eigenvalue weighted by atomic mass is 35.5. The zero-order valence-electron chi connectivity index (χ0n) is 17.5. The first kappa shape index (κ1) is 24.3. The number of sulfonamides is 1. The Kier molecular flexibility index (Phi) is 8.37. The molecule has 2 rings (SSSR count). The number of amides is 1. The predicted molar refractivity (Wildman–Crippen MR) is 117 cm³/mol. The van der Waals surface area contributed by atoms with Crippen molar-refractivity contribution in [3.05, 3.63) is 64.4 Å². The smallest absolute Gasteiger partial charge is 0.252 e.